The fourth-order valence-corrected chi connectivity index (χ4v) is 3.96. The molecule has 0 amide bonds. The fraction of sp³-hybridized carbons (Fsp3) is 0.435. The zero-order chi connectivity index (χ0) is 18.5. The minimum Gasteiger partial charge on any atom is -0.379 e. The molecular weight excluding hydrogens is 334 g/mol. The van der Waals surface area contributed by atoms with Crippen molar-refractivity contribution in [2.45, 2.75) is 25.2 Å². The van der Waals surface area contributed by atoms with Crippen LogP contribution in [0.3, 0.4) is 0 Å². The van der Waals surface area contributed by atoms with Gasteiger partial charge < -0.3 is 10.2 Å². The summed E-state index contributed by atoms with van der Waals surface area (Å²) < 4.78 is 5.54. The summed E-state index contributed by atoms with van der Waals surface area (Å²) in [4.78, 5) is 2.53. The first kappa shape index (κ1) is 18.2. The first-order chi connectivity index (χ1) is 13.3. The van der Waals surface area contributed by atoms with Gasteiger partial charge in [-0.2, -0.15) is 5.10 Å². The molecule has 1 saturated heterocycles. The van der Waals surface area contributed by atoms with Gasteiger partial charge in [0.15, 0.2) is 0 Å². The second-order valence-electron chi connectivity index (χ2n) is 7.47. The van der Waals surface area contributed by atoms with E-state index in [4.69, 9.17) is 4.74 Å². The average Bonchev–Trinajstić information content (AvgIpc) is 3.28. The van der Waals surface area contributed by atoms with Crippen LogP contribution in [0.25, 0.3) is 0 Å². The summed E-state index contributed by atoms with van der Waals surface area (Å²) in [5, 5.41) is 4.15. The molecule has 1 N–H and O–H groups in total. The highest BCUT2D eigenvalue weighted by Gasteiger charge is 2.21. The van der Waals surface area contributed by atoms with E-state index in [-0.39, 0.29) is 0 Å². The van der Waals surface area contributed by atoms with E-state index in [1.165, 1.54) is 22.3 Å². The van der Waals surface area contributed by atoms with E-state index >= 15 is 0 Å². The Morgan fingerprint density at radius 2 is 1.70 bits per heavy atom. The van der Waals surface area contributed by atoms with Crippen molar-refractivity contribution in [2.24, 2.45) is 5.10 Å². The molecule has 0 aliphatic carbocycles. The largest absolute Gasteiger partial charge is 0.379 e. The number of benzene rings is 2. The molecule has 2 unspecified atom stereocenters. The maximum atomic E-state index is 5.54. The summed E-state index contributed by atoms with van der Waals surface area (Å²) in [5.41, 5.74) is 8.56. The third kappa shape index (κ3) is 4.40. The van der Waals surface area contributed by atoms with Gasteiger partial charge in [0.25, 0.3) is 0 Å². The van der Waals surface area contributed by atoms with Crippen molar-refractivity contribution in [3.8, 4) is 0 Å². The Morgan fingerprint density at radius 3 is 2.30 bits per heavy atom. The van der Waals surface area contributed by atoms with Crippen molar-refractivity contribution in [1.29, 1.82) is 0 Å². The lowest BCUT2D eigenvalue weighted by Crippen LogP contribution is -2.39. The van der Waals surface area contributed by atoms with Gasteiger partial charge in [0, 0.05) is 44.2 Å². The molecule has 4 nitrogen and oxygen atoms in total. The summed E-state index contributed by atoms with van der Waals surface area (Å²) in [5.74, 6) is 0.777. The molecule has 2 atom stereocenters. The van der Waals surface area contributed by atoms with Crippen LogP contribution in [0.4, 0.5) is 0 Å². The number of ether oxygens (including phenoxy) is 1. The number of aryl methyl sites for hydroxylation is 1. The lowest BCUT2D eigenvalue weighted by molar-refractivity contribution is 0.0365. The smallest absolute Gasteiger partial charge is 0.0594 e. The van der Waals surface area contributed by atoms with Gasteiger partial charge in [-0.25, -0.2) is 0 Å². The van der Waals surface area contributed by atoms with E-state index < -0.39 is 0 Å². The van der Waals surface area contributed by atoms with Gasteiger partial charge in [-0.3, -0.25) is 4.90 Å². The lowest BCUT2D eigenvalue weighted by Gasteiger charge is -2.31. The molecule has 27 heavy (non-hydrogen) atoms. The Morgan fingerprint density at radius 1 is 1.04 bits per heavy atom. The first-order valence-corrected chi connectivity index (χ1v) is 10.1. The minimum atomic E-state index is 0.387. The van der Waals surface area contributed by atoms with Crippen molar-refractivity contribution in [1.82, 2.24) is 10.3 Å². The number of rotatable bonds is 6. The van der Waals surface area contributed by atoms with E-state index in [1.54, 1.807) is 0 Å². The molecule has 2 aliphatic heterocycles. The summed E-state index contributed by atoms with van der Waals surface area (Å²) in [6.45, 7) is 7.87. The van der Waals surface area contributed by atoms with Crippen molar-refractivity contribution < 1.29 is 4.74 Å². The van der Waals surface area contributed by atoms with E-state index in [0.29, 0.717) is 11.8 Å². The standard InChI is InChI=1S/C23H29N3O/c1-2-18-3-5-20(6-4-18)23(17-26-11-13-27-14-12-26)21-9-7-19(8-10-21)22-15-24-25-16-22/h3-10,15,22-23,25H,2,11-14,16-17H2,1H3. The zero-order valence-corrected chi connectivity index (χ0v) is 16.1. The number of morpholine rings is 1. The molecule has 0 aromatic heterocycles. The SMILES string of the molecule is CCc1ccc(C(CN2CCOCC2)c2ccc(C3C=NNC3)cc2)cc1. The van der Waals surface area contributed by atoms with Gasteiger partial charge in [-0.15, -0.1) is 0 Å². The molecular formula is C23H29N3O. The second kappa shape index (κ2) is 8.68. The average molecular weight is 364 g/mol. The van der Waals surface area contributed by atoms with Crippen LogP contribution in [-0.2, 0) is 11.2 Å². The molecule has 0 spiro atoms. The number of nitrogens with one attached hydrogen (secondary N) is 1. The molecule has 4 heteroatoms. The zero-order valence-electron chi connectivity index (χ0n) is 16.1. The molecule has 2 aliphatic rings. The molecule has 0 bridgehead atoms. The highest BCUT2D eigenvalue weighted by Crippen LogP contribution is 2.28. The number of hydrogen-bond acceptors (Lipinski definition) is 4. The highest BCUT2D eigenvalue weighted by atomic mass is 16.5. The summed E-state index contributed by atoms with van der Waals surface area (Å²) >= 11 is 0. The van der Waals surface area contributed by atoms with Gasteiger partial charge in [-0.1, -0.05) is 55.5 Å². The van der Waals surface area contributed by atoms with Crippen LogP contribution in [0.1, 0.15) is 41.0 Å². The first-order valence-electron chi connectivity index (χ1n) is 10.1. The maximum Gasteiger partial charge on any atom is 0.0594 e. The lowest BCUT2D eigenvalue weighted by atomic mass is 9.88. The molecule has 2 aromatic rings. The maximum absolute atomic E-state index is 5.54. The van der Waals surface area contributed by atoms with E-state index in [2.05, 4.69) is 70.9 Å². The topological polar surface area (TPSA) is 36.9 Å². The van der Waals surface area contributed by atoms with E-state index in [0.717, 1.165) is 45.8 Å². The number of hydrazone groups is 1. The van der Waals surface area contributed by atoms with Gasteiger partial charge in [0.05, 0.1) is 13.2 Å². The van der Waals surface area contributed by atoms with Gasteiger partial charge >= 0.3 is 0 Å². The van der Waals surface area contributed by atoms with Crippen LogP contribution < -0.4 is 5.43 Å². The van der Waals surface area contributed by atoms with Crippen molar-refractivity contribution >= 4 is 6.21 Å². The third-order valence-corrected chi connectivity index (χ3v) is 5.76. The fourth-order valence-electron chi connectivity index (χ4n) is 3.96. The van der Waals surface area contributed by atoms with Gasteiger partial charge in [-0.05, 0) is 28.7 Å². The number of hydrogen-bond donors (Lipinski definition) is 1. The van der Waals surface area contributed by atoms with Crippen molar-refractivity contribution in [2.75, 3.05) is 39.4 Å². The van der Waals surface area contributed by atoms with Crippen LogP contribution in [-0.4, -0.2) is 50.5 Å². The predicted molar refractivity (Wildman–Crippen MR) is 111 cm³/mol. The molecule has 2 heterocycles. The molecule has 142 valence electrons. The summed E-state index contributed by atoms with van der Waals surface area (Å²) in [6, 6.07) is 18.3. The highest BCUT2D eigenvalue weighted by molar-refractivity contribution is 5.69. The Bertz CT molecular complexity index is 748. The molecule has 0 radical (unpaired) electrons. The molecule has 4 rings (SSSR count). The normalized spacial score (nSPS) is 21.1. The van der Waals surface area contributed by atoms with Crippen LogP contribution in [0.2, 0.25) is 0 Å². The van der Waals surface area contributed by atoms with Gasteiger partial charge in [0.2, 0.25) is 0 Å². The van der Waals surface area contributed by atoms with Crippen LogP contribution in [0, 0.1) is 0 Å². The number of nitrogens with zero attached hydrogens (tertiary/aromatic N) is 2. The Balaban J connectivity index is 1.58. The summed E-state index contributed by atoms with van der Waals surface area (Å²) in [6.07, 6.45) is 3.09. The van der Waals surface area contributed by atoms with Crippen molar-refractivity contribution in [3.63, 3.8) is 0 Å². The molecule has 1 fully saturated rings. The molecule has 2 aromatic carbocycles. The summed E-state index contributed by atoms with van der Waals surface area (Å²) in [7, 11) is 0. The van der Waals surface area contributed by atoms with Crippen molar-refractivity contribution in [3.05, 3.63) is 70.8 Å². The van der Waals surface area contributed by atoms with Crippen LogP contribution in [0.5, 0.6) is 0 Å². The predicted octanol–water partition coefficient (Wildman–Crippen LogP) is 3.39. The van der Waals surface area contributed by atoms with E-state index in [1.807, 2.05) is 6.21 Å². The Hall–Kier alpha value is -2.17. The Labute approximate surface area is 162 Å². The van der Waals surface area contributed by atoms with E-state index in [9.17, 15) is 0 Å². The van der Waals surface area contributed by atoms with Crippen LogP contribution in [0.15, 0.2) is 53.6 Å². The minimum absolute atomic E-state index is 0.387. The second-order valence-corrected chi connectivity index (χ2v) is 7.47. The third-order valence-electron chi connectivity index (χ3n) is 5.76. The Kier molecular flexibility index (Phi) is 5.85. The van der Waals surface area contributed by atoms with Crippen LogP contribution >= 0.6 is 0 Å². The van der Waals surface area contributed by atoms with Gasteiger partial charge in [0.1, 0.15) is 0 Å². The monoisotopic (exact) mass is 363 g/mol. The quantitative estimate of drug-likeness (QED) is 0.855. The molecule has 0 saturated carbocycles.